The van der Waals surface area contributed by atoms with Crippen LogP contribution in [0.3, 0.4) is 0 Å². The van der Waals surface area contributed by atoms with E-state index < -0.39 is 24.7 Å². The molecule has 1 aliphatic rings. The molecule has 0 spiro atoms. The maximum Gasteiger partial charge on any atom is 0.284 e. The Kier molecular flexibility index (Phi) is 1.41. The van der Waals surface area contributed by atoms with Crippen LogP contribution in [0.5, 0.6) is 0 Å². The molecule has 0 N–H and O–H groups in total. The van der Waals surface area contributed by atoms with Crippen molar-refractivity contribution in [1.82, 2.24) is 0 Å². The van der Waals surface area contributed by atoms with E-state index in [0.717, 1.165) is 0 Å². The monoisotopic (exact) mass is 141 g/mol. The highest BCUT2D eigenvalue weighted by molar-refractivity contribution is 5.04. The minimum atomic E-state index is -3.54. The summed E-state index contributed by atoms with van der Waals surface area (Å²) in [5, 5.41) is 0. The minimum Gasteiger partial charge on any atom is -0.247 e. The Morgan fingerprint density at radius 1 is 1.33 bits per heavy atom. The van der Waals surface area contributed by atoms with Crippen molar-refractivity contribution in [3.63, 3.8) is 0 Å². The molecule has 0 aromatic rings. The van der Waals surface area contributed by atoms with E-state index in [1.54, 1.807) is 0 Å². The molecule has 0 aliphatic heterocycles. The molecule has 4 heteroatoms. The van der Waals surface area contributed by atoms with E-state index in [9.17, 15) is 17.6 Å². The molecular formula is C5H5F4. The van der Waals surface area contributed by atoms with Crippen molar-refractivity contribution in [2.75, 3.05) is 0 Å². The van der Waals surface area contributed by atoms with Crippen molar-refractivity contribution < 1.29 is 17.6 Å². The van der Waals surface area contributed by atoms with Crippen LogP contribution in [0.25, 0.3) is 0 Å². The molecule has 2 atom stereocenters. The summed E-state index contributed by atoms with van der Waals surface area (Å²) in [6.07, 6.45) is -4.70. The lowest BCUT2D eigenvalue weighted by Crippen LogP contribution is -2.22. The topological polar surface area (TPSA) is 0 Å². The van der Waals surface area contributed by atoms with Gasteiger partial charge in [0, 0.05) is 6.42 Å². The van der Waals surface area contributed by atoms with Crippen LogP contribution in [0, 0.1) is 6.42 Å². The highest BCUT2D eigenvalue weighted by atomic mass is 19.3. The van der Waals surface area contributed by atoms with Gasteiger partial charge in [-0.05, 0) is 0 Å². The second kappa shape index (κ2) is 1.85. The Balaban J connectivity index is 2.58. The van der Waals surface area contributed by atoms with E-state index in [1.807, 2.05) is 0 Å². The van der Waals surface area contributed by atoms with Crippen LogP contribution in [-0.4, -0.2) is 18.3 Å². The van der Waals surface area contributed by atoms with E-state index in [0.29, 0.717) is 0 Å². The predicted molar refractivity (Wildman–Crippen MR) is 23.7 cm³/mol. The van der Waals surface area contributed by atoms with Gasteiger partial charge >= 0.3 is 0 Å². The zero-order chi connectivity index (χ0) is 7.07. The van der Waals surface area contributed by atoms with Crippen LogP contribution >= 0.6 is 0 Å². The molecule has 0 amide bonds. The molecule has 1 radical (unpaired) electrons. The Labute approximate surface area is 49.9 Å². The van der Waals surface area contributed by atoms with Crippen LogP contribution in [0.2, 0.25) is 0 Å². The van der Waals surface area contributed by atoms with Gasteiger partial charge in [0.15, 0.2) is 6.17 Å². The molecule has 0 saturated heterocycles. The van der Waals surface area contributed by atoms with Gasteiger partial charge < -0.3 is 0 Å². The zero-order valence-electron chi connectivity index (χ0n) is 4.45. The summed E-state index contributed by atoms with van der Waals surface area (Å²) in [4.78, 5) is 0. The summed E-state index contributed by atoms with van der Waals surface area (Å²) in [7, 11) is 0. The third-order valence-electron chi connectivity index (χ3n) is 1.25. The van der Waals surface area contributed by atoms with Crippen LogP contribution in [0.1, 0.15) is 6.42 Å². The zero-order valence-corrected chi connectivity index (χ0v) is 4.45. The van der Waals surface area contributed by atoms with Gasteiger partial charge in [0.1, 0.15) is 6.17 Å². The maximum absolute atomic E-state index is 11.9. The second-order valence-electron chi connectivity index (χ2n) is 2.06. The Morgan fingerprint density at radius 2 is 1.89 bits per heavy atom. The highest BCUT2D eigenvalue weighted by Gasteiger charge is 2.50. The minimum absolute atomic E-state index is 0.109. The summed E-state index contributed by atoms with van der Waals surface area (Å²) in [6, 6.07) is 0. The number of halogens is 4. The molecule has 1 aliphatic carbocycles. The first-order valence-electron chi connectivity index (χ1n) is 2.54. The molecule has 0 aromatic heterocycles. The van der Waals surface area contributed by atoms with Crippen molar-refractivity contribution in [2.24, 2.45) is 0 Å². The molecule has 53 valence electrons. The summed E-state index contributed by atoms with van der Waals surface area (Å²) < 4.78 is 47.7. The first-order valence-corrected chi connectivity index (χ1v) is 2.54. The van der Waals surface area contributed by atoms with Gasteiger partial charge in [-0.25, -0.2) is 17.6 Å². The van der Waals surface area contributed by atoms with Crippen molar-refractivity contribution in [1.29, 1.82) is 0 Å². The molecule has 9 heavy (non-hydrogen) atoms. The van der Waals surface area contributed by atoms with Gasteiger partial charge in [-0.15, -0.1) is 0 Å². The van der Waals surface area contributed by atoms with Gasteiger partial charge in [-0.3, -0.25) is 0 Å². The van der Waals surface area contributed by atoms with E-state index in [-0.39, 0.29) is 6.42 Å². The molecule has 2 unspecified atom stereocenters. The average Bonchev–Trinajstić information content (AvgIpc) is 1.79. The van der Waals surface area contributed by atoms with Crippen molar-refractivity contribution in [3.05, 3.63) is 6.42 Å². The Morgan fingerprint density at radius 3 is 2.00 bits per heavy atom. The summed E-state index contributed by atoms with van der Waals surface area (Å²) in [5.41, 5.74) is 0. The molecule has 0 bridgehead atoms. The predicted octanol–water partition coefficient (Wildman–Crippen LogP) is 1.91. The standard InChI is InChI=1S/C5H5F4/c6-3-1-4(7)5(8,9)2-3/h2-4H,1H2. The Hall–Kier alpha value is -0.280. The van der Waals surface area contributed by atoms with Crippen LogP contribution in [0.4, 0.5) is 17.6 Å². The number of hydrogen-bond donors (Lipinski definition) is 0. The van der Waals surface area contributed by atoms with Crippen LogP contribution < -0.4 is 0 Å². The van der Waals surface area contributed by atoms with Gasteiger partial charge in [0.25, 0.3) is 5.92 Å². The Bertz CT molecular complexity index is 112. The lowest BCUT2D eigenvalue weighted by atomic mass is 10.3. The van der Waals surface area contributed by atoms with Gasteiger partial charge in [-0.1, -0.05) is 0 Å². The fourth-order valence-electron chi connectivity index (χ4n) is 0.768. The second-order valence-corrected chi connectivity index (χ2v) is 2.06. The lowest BCUT2D eigenvalue weighted by molar-refractivity contribution is -0.0220. The third kappa shape index (κ3) is 1.17. The molecular weight excluding hydrogens is 136 g/mol. The number of rotatable bonds is 0. The smallest absolute Gasteiger partial charge is 0.247 e. The van der Waals surface area contributed by atoms with E-state index in [4.69, 9.17) is 0 Å². The number of alkyl halides is 4. The fraction of sp³-hybridized carbons (Fsp3) is 0.800. The normalized spacial score (nSPS) is 41.3. The van der Waals surface area contributed by atoms with Crippen molar-refractivity contribution >= 4 is 0 Å². The van der Waals surface area contributed by atoms with Crippen molar-refractivity contribution in [2.45, 2.75) is 24.7 Å². The molecule has 0 aromatic carbocycles. The summed E-state index contributed by atoms with van der Waals surface area (Å²) in [5.74, 6) is -3.54. The maximum atomic E-state index is 11.9. The molecule has 1 fully saturated rings. The summed E-state index contributed by atoms with van der Waals surface area (Å²) >= 11 is 0. The van der Waals surface area contributed by atoms with Gasteiger partial charge in [0.05, 0.1) is 6.42 Å². The van der Waals surface area contributed by atoms with Gasteiger partial charge in [-0.2, -0.15) is 0 Å². The molecule has 1 rings (SSSR count). The quantitative estimate of drug-likeness (QED) is 0.452. The average molecular weight is 141 g/mol. The van der Waals surface area contributed by atoms with E-state index >= 15 is 0 Å². The fourth-order valence-corrected chi connectivity index (χ4v) is 0.768. The van der Waals surface area contributed by atoms with Gasteiger partial charge in [0.2, 0.25) is 0 Å². The molecule has 1 saturated carbocycles. The van der Waals surface area contributed by atoms with Crippen LogP contribution in [-0.2, 0) is 0 Å². The third-order valence-corrected chi connectivity index (χ3v) is 1.25. The van der Waals surface area contributed by atoms with Crippen molar-refractivity contribution in [3.8, 4) is 0 Å². The summed E-state index contributed by atoms with van der Waals surface area (Å²) in [6.45, 7) is 0. The SMILES string of the molecule is FC1[CH]C(F)(F)C(F)C1. The van der Waals surface area contributed by atoms with E-state index in [2.05, 4.69) is 0 Å². The van der Waals surface area contributed by atoms with E-state index in [1.165, 1.54) is 0 Å². The first kappa shape index (κ1) is 6.83. The van der Waals surface area contributed by atoms with Crippen LogP contribution in [0.15, 0.2) is 0 Å². The first-order chi connectivity index (χ1) is 4.02. The number of hydrogen-bond acceptors (Lipinski definition) is 0. The molecule has 0 heterocycles. The highest BCUT2D eigenvalue weighted by Crippen LogP contribution is 2.37. The molecule has 0 nitrogen and oxygen atoms in total. The largest absolute Gasteiger partial charge is 0.284 e. The lowest BCUT2D eigenvalue weighted by Gasteiger charge is -2.08.